The highest BCUT2D eigenvalue weighted by molar-refractivity contribution is 7.07. The zero-order valence-electron chi connectivity index (χ0n) is 11.1. The van der Waals surface area contributed by atoms with Crippen LogP contribution in [0.2, 0.25) is 0 Å². The lowest BCUT2D eigenvalue weighted by molar-refractivity contribution is -0.148. The van der Waals surface area contributed by atoms with Gasteiger partial charge in [0.25, 0.3) is 0 Å². The Morgan fingerprint density at radius 3 is 2.90 bits per heavy atom. The van der Waals surface area contributed by atoms with E-state index in [4.69, 9.17) is 0 Å². The van der Waals surface area contributed by atoms with Crippen LogP contribution >= 0.6 is 11.3 Å². The predicted molar refractivity (Wildman–Crippen MR) is 73.8 cm³/mol. The lowest BCUT2D eigenvalue weighted by atomic mass is 9.93. The molecule has 3 N–H and O–H groups in total. The second-order valence-corrected chi connectivity index (χ2v) is 5.62. The van der Waals surface area contributed by atoms with Crippen LogP contribution in [0.4, 0.5) is 4.79 Å². The van der Waals surface area contributed by atoms with Crippen LogP contribution < -0.4 is 10.2 Å². The summed E-state index contributed by atoms with van der Waals surface area (Å²) in [6.45, 7) is 2.40. The van der Waals surface area contributed by atoms with Crippen LogP contribution in [0, 0.1) is 0 Å². The van der Waals surface area contributed by atoms with Crippen LogP contribution in [-0.2, 0) is 11.3 Å². The molecule has 2 heterocycles. The Morgan fingerprint density at radius 1 is 1.60 bits per heavy atom. The Morgan fingerprint density at radius 2 is 2.35 bits per heavy atom. The van der Waals surface area contributed by atoms with Crippen molar-refractivity contribution in [2.24, 2.45) is 0 Å². The molecule has 20 heavy (non-hydrogen) atoms. The molecule has 1 saturated heterocycles. The standard InChI is InChI=1S/C12H17N3O4S/c1-2-12(9(16)17)4-3-5-15(12)10(18)13-6-8-7-20-11(19)14-8/h7H,2-6H2,1H3,(H,13,18)(H,14,19)(H,16,17). The van der Waals surface area contributed by atoms with Gasteiger partial charge in [0.15, 0.2) is 0 Å². The van der Waals surface area contributed by atoms with Crippen molar-refractivity contribution in [2.45, 2.75) is 38.3 Å². The number of aromatic amines is 1. The Balaban J connectivity index is 2.04. The molecule has 0 radical (unpaired) electrons. The van der Waals surface area contributed by atoms with Crippen LogP contribution in [0.15, 0.2) is 10.2 Å². The van der Waals surface area contributed by atoms with Gasteiger partial charge in [-0.3, -0.25) is 4.79 Å². The quantitative estimate of drug-likeness (QED) is 0.771. The molecular formula is C12H17N3O4S. The third-order valence-corrected chi connectivity index (χ3v) is 4.44. The van der Waals surface area contributed by atoms with E-state index in [2.05, 4.69) is 10.3 Å². The highest BCUT2D eigenvalue weighted by Gasteiger charge is 2.48. The summed E-state index contributed by atoms with van der Waals surface area (Å²) in [4.78, 5) is 38.4. The van der Waals surface area contributed by atoms with E-state index in [9.17, 15) is 19.5 Å². The van der Waals surface area contributed by atoms with Gasteiger partial charge in [0.2, 0.25) is 0 Å². The van der Waals surface area contributed by atoms with E-state index in [-0.39, 0.29) is 11.4 Å². The molecule has 1 unspecified atom stereocenters. The molecular weight excluding hydrogens is 282 g/mol. The van der Waals surface area contributed by atoms with Crippen molar-refractivity contribution in [1.29, 1.82) is 0 Å². The number of carboxylic acid groups (broad SMARTS) is 1. The minimum atomic E-state index is -1.11. The van der Waals surface area contributed by atoms with Gasteiger partial charge in [0, 0.05) is 17.6 Å². The maximum atomic E-state index is 12.2. The minimum absolute atomic E-state index is 0.177. The average Bonchev–Trinajstić information content (AvgIpc) is 3.02. The van der Waals surface area contributed by atoms with Gasteiger partial charge in [-0.25, -0.2) is 9.59 Å². The van der Waals surface area contributed by atoms with E-state index < -0.39 is 17.5 Å². The number of likely N-dealkylation sites (tertiary alicyclic amines) is 1. The number of nitrogens with one attached hydrogen (secondary N) is 2. The molecule has 1 fully saturated rings. The highest BCUT2D eigenvalue weighted by Crippen LogP contribution is 2.32. The molecule has 0 aliphatic carbocycles. The fourth-order valence-electron chi connectivity index (χ4n) is 2.58. The summed E-state index contributed by atoms with van der Waals surface area (Å²) in [5.41, 5.74) is -0.489. The lowest BCUT2D eigenvalue weighted by Crippen LogP contribution is -2.55. The number of amides is 2. The third-order valence-electron chi connectivity index (χ3n) is 3.72. The van der Waals surface area contributed by atoms with Gasteiger partial charge in [-0.15, -0.1) is 0 Å². The van der Waals surface area contributed by atoms with Gasteiger partial charge in [-0.2, -0.15) is 0 Å². The van der Waals surface area contributed by atoms with Crippen molar-refractivity contribution in [3.8, 4) is 0 Å². The van der Waals surface area contributed by atoms with Crippen LogP contribution in [0.1, 0.15) is 31.9 Å². The topological polar surface area (TPSA) is 102 Å². The van der Waals surface area contributed by atoms with E-state index >= 15 is 0 Å². The summed E-state index contributed by atoms with van der Waals surface area (Å²) in [5, 5.41) is 13.7. The molecule has 8 heteroatoms. The fraction of sp³-hybridized carbons (Fsp3) is 0.583. The first-order valence-corrected chi connectivity index (χ1v) is 7.33. The number of thiazole rings is 1. The molecule has 0 spiro atoms. The van der Waals surface area contributed by atoms with Gasteiger partial charge < -0.3 is 20.3 Å². The van der Waals surface area contributed by atoms with Gasteiger partial charge in [0.05, 0.1) is 6.54 Å². The number of H-pyrrole nitrogens is 1. The Labute approximate surface area is 119 Å². The second-order valence-electron chi connectivity index (χ2n) is 4.78. The fourth-order valence-corrected chi connectivity index (χ4v) is 3.16. The van der Waals surface area contributed by atoms with Gasteiger partial charge in [-0.1, -0.05) is 18.3 Å². The number of urea groups is 1. The van der Waals surface area contributed by atoms with Crippen molar-refractivity contribution in [3.63, 3.8) is 0 Å². The van der Waals surface area contributed by atoms with Crippen molar-refractivity contribution < 1.29 is 14.7 Å². The first-order chi connectivity index (χ1) is 9.49. The molecule has 2 amide bonds. The predicted octanol–water partition coefficient (Wildman–Crippen LogP) is 0.975. The number of aromatic nitrogens is 1. The molecule has 1 aromatic rings. The summed E-state index contributed by atoms with van der Waals surface area (Å²) < 4.78 is 0. The molecule has 1 aromatic heterocycles. The minimum Gasteiger partial charge on any atom is -0.479 e. The molecule has 110 valence electrons. The summed E-state index contributed by atoms with van der Waals surface area (Å²) in [5.74, 6) is -0.961. The smallest absolute Gasteiger partial charge is 0.329 e. The SMILES string of the molecule is CCC1(C(=O)O)CCCN1C(=O)NCc1csc(=O)[nH]1. The number of hydrogen-bond acceptors (Lipinski definition) is 4. The van der Waals surface area contributed by atoms with E-state index in [0.717, 1.165) is 11.3 Å². The number of hydrogen-bond donors (Lipinski definition) is 3. The number of carboxylic acids is 1. The number of aliphatic carboxylic acids is 1. The molecule has 0 aromatic carbocycles. The number of nitrogens with zero attached hydrogens (tertiary/aromatic N) is 1. The van der Waals surface area contributed by atoms with Gasteiger partial charge in [0.1, 0.15) is 5.54 Å². The summed E-state index contributed by atoms with van der Waals surface area (Å²) in [6.07, 6.45) is 1.54. The van der Waals surface area contributed by atoms with E-state index in [1.165, 1.54) is 4.90 Å². The molecule has 1 aliphatic heterocycles. The Hall–Kier alpha value is -1.83. The number of carbonyl (C=O) groups is 2. The van der Waals surface area contributed by atoms with Crippen LogP contribution in [0.3, 0.4) is 0 Å². The van der Waals surface area contributed by atoms with Crippen LogP contribution in [-0.4, -0.2) is 39.1 Å². The Bertz CT molecular complexity index is 567. The first kappa shape index (κ1) is 14.6. The second kappa shape index (κ2) is 5.66. The van der Waals surface area contributed by atoms with Crippen molar-refractivity contribution in [2.75, 3.05) is 6.54 Å². The summed E-state index contributed by atoms with van der Waals surface area (Å²) in [6, 6.07) is -0.404. The summed E-state index contributed by atoms with van der Waals surface area (Å²) >= 11 is 1.03. The zero-order valence-corrected chi connectivity index (χ0v) is 12.0. The van der Waals surface area contributed by atoms with E-state index in [1.807, 2.05) is 0 Å². The highest BCUT2D eigenvalue weighted by atomic mass is 32.1. The van der Waals surface area contributed by atoms with Gasteiger partial charge >= 0.3 is 16.9 Å². The maximum absolute atomic E-state index is 12.2. The molecule has 1 aliphatic rings. The van der Waals surface area contributed by atoms with E-state index in [0.29, 0.717) is 31.5 Å². The van der Waals surface area contributed by atoms with Crippen molar-refractivity contribution in [1.82, 2.24) is 15.2 Å². The average molecular weight is 299 g/mol. The third kappa shape index (κ3) is 2.55. The van der Waals surface area contributed by atoms with Crippen LogP contribution in [0.25, 0.3) is 0 Å². The van der Waals surface area contributed by atoms with Crippen LogP contribution in [0.5, 0.6) is 0 Å². The number of carbonyl (C=O) groups excluding carboxylic acids is 1. The zero-order chi connectivity index (χ0) is 14.8. The maximum Gasteiger partial charge on any atom is 0.329 e. The van der Waals surface area contributed by atoms with Crippen molar-refractivity contribution >= 4 is 23.3 Å². The molecule has 2 rings (SSSR count). The molecule has 7 nitrogen and oxygen atoms in total. The molecule has 0 bridgehead atoms. The van der Waals surface area contributed by atoms with Gasteiger partial charge in [-0.05, 0) is 19.3 Å². The molecule has 0 saturated carbocycles. The van der Waals surface area contributed by atoms with E-state index in [1.54, 1.807) is 12.3 Å². The molecule has 1 atom stereocenters. The number of rotatable bonds is 4. The monoisotopic (exact) mass is 299 g/mol. The normalized spacial score (nSPS) is 21.9. The Kier molecular flexibility index (Phi) is 4.12. The van der Waals surface area contributed by atoms with Crippen molar-refractivity contribution in [3.05, 3.63) is 20.7 Å². The lowest BCUT2D eigenvalue weighted by Gasteiger charge is -2.33. The summed E-state index contributed by atoms with van der Waals surface area (Å²) in [7, 11) is 0. The first-order valence-electron chi connectivity index (χ1n) is 6.45. The largest absolute Gasteiger partial charge is 0.479 e.